The van der Waals surface area contributed by atoms with Crippen molar-refractivity contribution in [3.8, 4) is 0 Å². The van der Waals surface area contributed by atoms with Crippen LogP contribution in [0.15, 0.2) is 12.4 Å². The van der Waals surface area contributed by atoms with E-state index in [2.05, 4.69) is 15.5 Å². The Kier molecular flexibility index (Phi) is 1.77. The molecule has 1 aliphatic heterocycles. The van der Waals surface area contributed by atoms with Gasteiger partial charge in [-0.15, -0.1) is 0 Å². The maximum Gasteiger partial charge on any atom is 0.339 e. The Morgan fingerprint density at radius 2 is 2.46 bits per heavy atom. The maximum atomic E-state index is 10.8. The maximum absolute atomic E-state index is 10.8. The number of carboxylic acids is 1. The van der Waals surface area contributed by atoms with Crippen LogP contribution in [0, 0.1) is 0 Å². The zero-order chi connectivity index (χ0) is 9.26. The molecule has 0 amide bonds. The number of fused-ring (bicyclic) bond motifs is 1. The minimum absolute atomic E-state index is 0.241. The van der Waals surface area contributed by atoms with Crippen molar-refractivity contribution in [2.24, 2.45) is 0 Å². The highest BCUT2D eigenvalue weighted by atomic mass is 16.4. The van der Waals surface area contributed by atoms with Crippen molar-refractivity contribution in [1.82, 2.24) is 15.5 Å². The van der Waals surface area contributed by atoms with Gasteiger partial charge in [-0.05, 0) is 12.0 Å². The van der Waals surface area contributed by atoms with Gasteiger partial charge in [0, 0.05) is 12.7 Å². The average Bonchev–Trinajstić information content (AvgIpc) is 2.44. The third kappa shape index (κ3) is 1.28. The molecule has 0 saturated heterocycles. The molecule has 0 aromatic carbocycles. The van der Waals surface area contributed by atoms with E-state index < -0.39 is 5.97 Å². The predicted octanol–water partition coefficient (Wildman–Crippen LogP) is -0.0191. The molecule has 0 spiro atoms. The second kappa shape index (κ2) is 2.93. The van der Waals surface area contributed by atoms with Crippen molar-refractivity contribution < 1.29 is 9.90 Å². The quantitative estimate of drug-likeness (QED) is 0.566. The largest absolute Gasteiger partial charge is 0.478 e. The van der Waals surface area contributed by atoms with E-state index in [1.54, 1.807) is 6.20 Å². The Balaban J connectivity index is 2.49. The van der Waals surface area contributed by atoms with Crippen LogP contribution in [0.25, 0.3) is 5.57 Å². The summed E-state index contributed by atoms with van der Waals surface area (Å²) in [5.41, 5.74) is 1.79. The number of nitrogens with zero attached hydrogens (tertiary/aromatic N) is 1. The molecule has 5 heteroatoms. The lowest BCUT2D eigenvalue weighted by Gasteiger charge is -1.97. The average molecular weight is 179 g/mol. The number of carbonyl (C=O) groups is 1. The van der Waals surface area contributed by atoms with E-state index in [1.165, 1.54) is 6.20 Å². The molecule has 3 N–H and O–H groups in total. The fraction of sp³-hybridized carbons (Fsp3) is 0.250. The summed E-state index contributed by atoms with van der Waals surface area (Å²) < 4.78 is 0. The molecule has 0 saturated carbocycles. The Bertz CT molecular complexity index is 367. The lowest BCUT2D eigenvalue weighted by molar-refractivity contribution is -0.130. The van der Waals surface area contributed by atoms with Crippen LogP contribution >= 0.6 is 0 Å². The molecule has 1 aromatic rings. The van der Waals surface area contributed by atoms with E-state index in [9.17, 15) is 4.79 Å². The van der Waals surface area contributed by atoms with E-state index in [0.29, 0.717) is 5.69 Å². The molecule has 0 unspecified atom stereocenters. The number of aliphatic carboxylic acids is 1. The van der Waals surface area contributed by atoms with Crippen LogP contribution in [0.3, 0.4) is 0 Å². The Morgan fingerprint density at radius 3 is 3.23 bits per heavy atom. The van der Waals surface area contributed by atoms with Crippen molar-refractivity contribution in [1.29, 1.82) is 0 Å². The van der Waals surface area contributed by atoms with Crippen LogP contribution in [-0.2, 0) is 11.2 Å². The van der Waals surface area contributed by atoms with Gasteiger partial charge in [-0.3, -0.25) is 5.10 Å². The van der Waals surface area contributed by atoms with Crippen molar-refractivity contribution in [3.05, 3.63) is 23.7 Å². The highest BCUT2D eigenvalue weighted by Crippen LogP contribution is 2.18. The van der Waals surface area contributed by atoms with Crippen molar-refractivity contribution >= 4 is 11.5 Å². The summed E-state index contributed by atoms with van der Waals surface area (Å²) in [5.74, 6) is -0.945. The van der Waals surface area contributed by atoms with Gasteiger partial charge in [0.2, 0.25) is 0 Å². The van der Waals surface area contributed by atoms with Gasteiger partial charge in [0.1, 0.15) is 5.57 Å². The first-order valence-corrected chi connectivity index (χ1v) is 3.98. The van der Waals surface area contributed by atoms with Crippen LogP contribution in [-0.4, -0.2) is 27.8 Å². The molecule has 0 fully saturated rings. The molecular weight excluding hydrogens is 170 g/mol. The molecule has 0 atom stereocenters. The van der Waals surface area contributed by atoms with E-state index in [4.69, 9.17) is 5.11 Å². The standard InChI is InChI=1S/C8H9N3O2/c12-8(13)6-4-9-2-1-5-3-10-11-7(5)6/h3-4,9H,1-2H2,(H,10,11)(H,12,13). The molecule has 0 radical (unpaired) electrons. The minimum Gasteiger partial charge on any atom is -0.478 e. The number of aromatic amines is 1. The summed E-state index contributed by atoms with van der Waals surface area (Å²) >= 11 is 0. The summed E-state index contributed by atoms with van der Waals surface area (Å²) in [6.07, 6.45) is 3.96. The van der Waals surface area contributed by atoms with E-state index in [0.717, 1.165) is 18.5 Å². The fourth-order valence-electron chi connectivity index (χ4n) is 1.36. The minimum atomic E-state index is -0.945. The van der Waals surface area contributed by atoms with Gasteiger partial charge in [-0.25, -0.2) is 4.79 Å². The number of hydrogen-bond donors (Lipinski definition) is 3. The first kappa shape index (κ1) is 7.85. The zero-order valence-electron chi connectivity index (χ0n) is 6.87. The Hall–Kier alpha value is -1.78. The van der Waals surface area contributed by atoms with E-state index >= 15 is 0 Å². The molecule has 0 bridgehead atoms. The Morgan fingerprint density at radius 1 is 1.62 bits per heavy atom. The van der Waals surface area contributed by atoms with Gasteiger partial charge in [0.25, 0.3) is 0 Å². The molecule has 5 nitrogen and oxygen atoms in total. The van der Waals surface area contributed by atoms with Crippen LogP contribution in [0.2, 0.25) is 0 Å². The van der Waals surface area contributed by atoms with Gasteiger partial charge < -0.3 is 10.4 Å². The number of hydrogen-bond acceptors (Lipinski definition) is 3. The van der Waals surface area contributed by atoms with Crippen molar-refractivity contribution in [3.63, 3.8) is 0 Å². The molecule has 2 rings (SSSR count). The normalized spacial score (nSPS) is 15.2. The summed E-state index contributed by atoms with van der Waals surface area (Å²) in [6, 6.07) is 0. The highest BCUT2D eigenvalue weighted by molar-refractivity contribution is 6.15. The zero-order valence-corrected chi connectivity index (χ0v) is 6.87. The van der Waals surface area contributed by atoms with Crippen LogP contribution < -0.4 is 5.32 Å². The molecule has 1 aromatic heterocycles. The number of aromatic nitrogens is 2. The predicted molar refractivity (Wildman–Crippen MR) is 45.9 cm³/mol. The van der Waals surface area contributed by atoms with Gasteiger partial charge in [-0.2, -0.15) is 5.10 Å². The summed E-state index contributed by atoms with van der Waals surface area (Å²) in [4.78, 5) is 10.8. The second-order valence-electron chi connectivity index (χ2n) is 2.84. The second-order valence-corrected chi connectivity index (χ2v) is 2.84. The highest BCUT2D eigenvalue weighted by Gasteiger charge is 2.18. The van der Waals surface area contributed by atoms with Gasteiger partial charge in [0.05, 0.1) is 11.9 Å². The van der Waals surface area contributed by atoms with E-state index in [1.807, 2.05) is 0 Å². The first-order chi connectivity index (χ1) is 6.29. The van der Waals surface area contributed by atoms with Crippen LogP contribution in [0.5, 0.6) is 0 Å². The fourth-order valence-corrected chi connectivity index (χ4v) is 1.36. The van der Waals surface area contributed by atoms with Crippen LogP contribution in [0.1, 0.15) is 11.3 Å². The molecular formula is C8H9N3O2. The smallest absolute Gasteiger partial charge is 0.339 e. The van der Waals surface area contributed by atoms with Crippen molar-refractivity contribution in [2.75, 3.05) is 6.54 Å². The van der Waals surface area contributed by atoms with Gasteiger partial charge >= 0.3 is 5.97 Å². The van der Waals surface area contributed by atoms with Gasteiger partial charge in [0.15, 0.2) is 0 Å². The third-order valence-electron chi connectivity index (χ3n) is 2.00. The summed E-state index contributed by atoms with van der Waals surface area (Å²) in [5, 5.41) is 18.3. The lowest BCUT2D eigenvalue weighted by Crippen LogP contribution is -2.08. The van der Waals surface area contributed by atoms with Crippen molar-refractivity contribution in [2.45, 2.75) is 6.42 Å². The van der Waals surface area contributed by atoms with Gasteiger partial charge in [-0.1, -0.05) is 0 Å². The Labute approximate surface area is 74.5 Å². The molecule has 68 valence electrons. The number of rotatable bonds is 1. The topological polar surface area (TPSA) is 78.0 Å². The molecule has 1 aliphatic rings. The summed E-state index contributed by atoms with van der Waals surface area (Å²) in [7, 11) is 0. The number of carboxylic acid groups (broad SMARTS) is 1. The third-order valence-corrected chi connectivity index (χ3v) is 2.00. The first-order valence-electron chi connectivity index (χ1n) is 3.98. The molecule has 0 aliphatic carbocycles. The number of nitrogens with one attached hydrogen (secondary N) is 2. The SMILES string of the molecule is O=C(O)C1=CNCCc2cn[nH]c21. The van der Waals surface area contributed by atoms with E-state index in [-0.39, 0.29) is 5.57 Å². The lowest BCUT2D eigenvalue weighted by atomic mass is 10.1. The number of H-pyrrole nitrogens is 1. The summed E-state index contributed by atoms with van der Waals surface area (Å²) in [6.45, 7) is 0.739. The molecule has 2 heterocycles. The molecule has 13 heavy (non-hydrogen) atoms. The monoisotopic (exact) mass is 179 g/mol. The van der Waals surface area contributed by atoms with Crippen LogP contribution in [0.4, 0.5) is 0 Å².